The highest BCUT2D eigenvalue weighted by atomic mass is 16.3. The van der Waals surface area contributed by atoms with E-state index in [0.717, 1.165) is 12.0 Å². The van der Waals surface area contributed by atoms with Crippen LogP contribution in [0.5, 0.6) is 0 Å². The van der Waals surface area contributed by atoms with Crippen LogP contribution in [0.25, 0.3) is 0 Å². The molecule has 0 amide bonds. The van der Waals surface area contributed by atoms with Crippen molar-refractivity contribution in [2.45, 2.75) is 45.6 Å². The molecular formula is C12H22N2O. The first-order valence-corrected chi connectivity index (χ1v) is 5.81. The summed E-state index contributed by atoms with van der Waals surface area (Å²) in [6.07, 6.45) is 8.33. The number of unbranched alkanes of at least 4 members (excludes halogenated alkanes) is 1. The highest BCUT2D eigenvalue weighted by Crippen LogP contribution is 2.28. The lowest BCUT2D eigenvalue weighted by atomic mass is 9.88. The van der Waals surface area contributed by atoms with Gasteiger partial charge >= 0.3 is 0 Å². The van der Waals surface area contributed by atoms with E-state index in [1.54, 1.807) is 12.5 Å². The molecule has 0 radical (unpaired) electrons. The van der Waals surface area contributed by atoms with E-state index in [-0.39, 0.29) is 6.04 Å². The zero-order valence-corrected chi connectivity index (χ0v) is 9.70. The van der Waals surface area contributed by atoms with Crippen LogP contribution in [-0.2, 0) is 0 Å². The molecule has 3 heteroatoms. The standard InChI is InChI=1S/C12H22N2O/c1-3-5-6-10(4-2)12(14-13)11-7-8-15-9-11/h7-10,12,14H,3-6,13H2,1-2H3. The summed E-state index contributed by atoms with van der Waals surface area (Å²) in [7, 11) is 0. The van der Waals surface area contributed by atoms with Gasteiger partial charge in [-0.05, 0) is 18.4 Å². The van der Waals surface area contributed by atoms with E-state index in [2.05, 4.69) is 19.3 Å². The molecule has 3 N–H and O–H groups in total. The predicted molar refractivity (Wildman–Crippen MR) is 62.1 cm³/mol. The van der Waals surface area contributed by atoms with E-state index in [9.17, 15) is 0 Å². The van der Waals surface area contributed by atoms with Crippen molar-refractivity contribution in [3.8, 4) is 0 Å². The number of hydrogen-bond acceptors (Lipinski definition) is 3. The molecule has 1 rings (SSSR count). The van der Waals surface area contributed by atoms with Crippen molar-refractivity contribution in [1.29, 1.82) is 0 Å². The maximum Gasteiger partial charge on any atom is 0.0950 e. The number of nitrogens with one attached hydrogen (secondary N) is 1. The van der Waals surface area contributed by atoms with Gasteiger partial charge in [0.1, 0.15) is 0 Å². The van der Waals surface area contributed by atoms with E-state index < -0.39 is 0 Å². The summed E-state index contributed by atoms with van der Waals surface area (Å²) in [6.45, 7) is 4.43. The number of nitrogens with two attached hydrogens (primary N) is 1. The smallest absolute Gasteiger partial charge is 0.0950 e. The SMILES string of the molecule is CCCCC(CC)C(NN)c1ccoc1. The quantitative estimate of drug-likeness (QED) is 0.537. The Hall–Kier alpha value is -0.800. The zero-order valence-electron chi connectivity index (χ0n) is 9.70. The van der Waals surface area contributed by atoms with Crippen LogP contribution in [0.15, 0.2) is 23.0 Å². The normalized spacial score (nSPS) is 15.1. The van der Waals surface area contributed by atoms with E-state index in [1.807, 2.05) is 6.07 Å². The van der Waals surface area contributed by atoms with Gasteiger partial charge in [0.15, 0.2) is 0 Å². The molecule has 15 heavy (non-hydrogen) atoms. The van der Waals surface area contributed by atoms with Crippen LogP contribution in [0.1, 0.15) is 51.1 Å². The number of rotatable bonds is 7. The number of hydrogen-bond donors (Lipinski definition) is 2. The number of hydrazine groups is 1. The largest absolute Gasteiger partial charge is 0.472 e. The van der Waals surface area contributed by atoms with Gasteiger partial charge in [0, 0.05) is 5.56 Å². The van der Waals surface area contributed by atoms with Crippen LogP contribution < -0.4 is 11.3 Å². The Morgan fingerprint density at radius 1 is 1.47 bits per heavy atom. The second kappa shape index (κ2) is 6.64. The second-order valence-corrected chi connectivity index (χ2v) is 4.01. The Labute approximate surface area is 92.0 Å². The van der Waals surface area contributed by atoms with Gasteiger partial charge in [0.05, 0.1) is 18.6 Å². The van der Waals surface area contributed by atoms with Gasteiger partial charge in [0.25, 0.3) is 0 Å². The van der Waals surface area contributed by atoms with E-state index in [4.69, 9.17) is 10.3 Å². The molecule has 1 aromatic rings. The molecule has 1 aromatic heterocycles. The van der Waals surface area contributed by atoms with Gasteiger partial charge in [-0.15, -0.1) is 0 Å². The first-order chi connectivity index (χ1) is 7.33. The molecule has 2 unspecified atom stereocenters. The Balaban J connectivity index is 2.62. The summed E-state index contributed by atoms with van der Waals surface area (Å²) in [6, 6.07) is 2.21. The number of furan rings is 1. The molecule has 0 aliphatic heterocycles. The average Bonchev–Trinajstić information content (AvgIpc) is 2.77. The molecule has 0 saturated heterocycles. The minimum atomic E-state index is 0.222. The topological polar surface area (TPSA) is 51.2 Å². The van der Waals surface area contributed by atoms with Crippen molar-refractivity contribution >= 4 is 0 Å². The summed E-state index contributed by atoms with van der Waals surface area (Å²) in [4.78, 5) is 0. The van der Waals surface area contributed by atoms with Crippen LogP contribution in [-0.4, -0.2) is 0 Å². The van der Waals surface area contributed by atoms with Crippen LogP contribution in [0.4, 0.5) is 0 Å². The first-order valence-electron chi connectivity index (χ1n) is 5.81. The lowest BCUT2D eigenvalue weighted by Crippen LogP contribution is -2.33. The molecule has 2 atom stereocenters. The lowest BCUT2D eigenvalue weighted by molar-refractivity contribution is 0.325. The molecule has 0 saturated carbocycles. The molecular weight excluding hydrogens is 188 g/mol. The third kappa shape index (κ3) is 3.36. The first kappa shape index (κ1) is 12.3. The Morgan fingerprint density at radius 3 is 2.73 bits per heavy atom. The van der Waals surface area contributed by atoms with Gasteiger partial charge < -0.3 is 4.42 Å². The molecule has 0 bridgehead atoms. The lowest BCUT2D eigenvalue weighted by Gasteiger charge is -2.24. The van der Waals surface area contributed by atoms with Gasteiger partial charge in [-0.1, -0.05) is 33.1 Å². The van der Waals surface area contributed by atoms with Crippen LogP contribution in [0, 0.1) is 5.92 Å². The summed E-state index contributed by atoms with van der Waals surface area (Å²) in [5.41, 5.74) is 4.06. The Kier molecular flexibility index (Phi) is 5.43. The average molecular weight is 210 g/mol. The van der Waals surface area contributed by atoms with Gasteiger partial charge in [0.2, 0.25) is 0 Å². The predicted octanol–water partition coefficient (Wildman–Crippen LogP) is 3.00. The fraction of sp³-hybridized carbons (Fsp3) is 0.667. The monoisotopic (exact) mass is 210 g/mol. The van der Waals surface area contributed by atoms with Gasteiger partial charge in [-0.2, -0.15) is 0 Å². The maximum absolute atomic E-state index is 5.62. The molecule has 3 nitrogen and oxygen atoms in total. The molecule has 0 aliphatic rings. The maximum atomic E-state index is 5.62. The van der Waals surface area contributed by atoms with Gasteiger partial charge in [-0.3, -0.25) is 11.3 Å². The van der Waals surface area contributed by atoms with Crippen LogP contribution >= 0.6 is 0 Å². The molecule has 0 spiro atoms. The van der Waals surface area contributed by atoms with Crippen molar-refractivity contribution in [2.75, 3.05) is 0 Å². The van der Waals surface area contributed by atoms with E-state index >= 15 is 0 Å². The second-order valence-electron chi connectivity index (χ2n) is 4.01. The highest BCUT2D eigenvalue weighted by Gasteiger charge is 2.20. The molecule has 1 heterocycles. The minimum absolute atomic E-state index is 0.222. The fourth-order valence-electron chi connectivity index (χ4n) is 2.03. The Bertz CT molecular complexity index is 246. The summed E-state index contributed by atoms with van der Waals surface area (Å²) < 4.78 is 5.10. The summed E-state index contributed by atoms with van der Waals surface area (Å²) in [5.74, 6) is 6.21. The van der Waals surface area contributed by atoms with E-state index in [1.165, 1.54) is 19.3 Å². The van der Waals surface area contributed by atoms with Crippen LogP contribution in [0.2, 0.25) is 0 Å². The summed E-state index contributed by atoms with van der Waals surface area (Å²) in [5, 5.41) is 0. The Morgan fingerprint density at radius 2 is 2.27 bits per heavy atom. The fourth-order valence-corrected chi connectivity index (χ4v) is 2.03. The van der Waals surface area contributed by atoms with Crippen LogP contribution in [0.3, 0.4) is 0 Å². The van der Waals surface area contributed by atoms with E-state index in [0.29, 0.717) is 5.92 Å². The zero-order chi connectivity index (χ0) is 11.1. The van der Waals surface area contributed by atoms with Crippen molar-refractivity contribution in [1.82, 2.24) is 5.43 Å². The minimum Gasteiger partial charge on any atom is -0.472 e. The van der Waals surface area contributed by atoms with Crippen molar-refractivity contribution in [3.63, 3.8) is 0 Å². The molecule has 86 valence electrons. The third-order valence-electron chi connectivity index (χ3n) is 3.01. The highest BCUT2D eigenvalue weighted by molar-refractivity contribution is 5.12. The molecule has 0 aromatic carbocycles. The van der Waals surface area contributed by atoms with Gasteiger partial charge in [-0.25, -0.2) is 0 Å². The van der Waals surface area contributed by atoms with Crippen molar-refractivity contribution < 1.29 is 4.42 Å². The molecule has 0 aliphatic carbocycles. The van der Waals surface area contributed by atoms with Crippen molar-refractivity contribution in [2.24, 2.45) is 11.8 Å². The third-order valence-corrected chi connectivity index (χ3v) is 3.01. The molecule has 0 fully saturated rings. The van der Waals surface area contributed by atoms with Crippen molar-refractivity contribution in [3.05, 3.63) is 24.2 Å². The summed E-state index contributed by atoms with van der Waals surface area (Å²) >= 11 is 0.